The van der Waals surface area contributed by atoms with Crippen LogP contribution in [0, 0.1) is 0 Å². The van der Waals surface area contributed by atoms with E-state index < -0.39 is 12.1 Å². The van der Waals surface area contributed by atoms with Crippen LogP contribution in [0.2, 0.25) is 0 Å². The second kappa shape index (κ2) is 20.8. The number of nitrogens with one attached hydrogen (secondary N) is 2. The Kier molecular flexibility index (Phi) is 15.6. The molecule has 1 aliphatic rings. The zero-order valence-corrected chi connectivity index (χ0v) is 32.4. The van der Waals surface area contributed by atoms with Crippen LogP contribution in [0.4, 0.5) is 9.59 Å². The second-order valence-corrected chi connectivity index (χ2v) is 15.4. The summed E-state index contributed by atoms with van der Waals surface area (Å²) in [6.07, 6.45) is 2.70. The van der Waals surface area contributed by atoms with Gasteiger partial charge in [0.25, 0.3) is 0 Å². The Balaban J connectivity index is 1.29. The van der Waals surface area contributed by atoms with Gasteiger partial charge in [-0.3, -0.25) is 14.7 Å². The monoisotopic (exact) mass is 761 g/mol. The molecule has 0 spiro atoms. The van der Waals surface area contributed by atoms with Gasteiger partial charge in [-0.15, -0.1) is 22.7 Å². The number of hydrogen-bond donors (Lipinski definition) is 2. The predicted molar refractivity (Wildman–Crippen MR) is 208 cm³/mol. The van der Waals surface area contributed by atoms with E-state index in [0.29, 0.717) is 64.6 Å². The first-order valence-electron chi connectivity index (χ1n) is 18.2. The largest absolute Gasteiger partial charge is 0.444 e. The molecule has 1 saturated heterocycles. The zero-order valence-electron chi connectivity index (χ0n) is 30.8. The summed E-state index contributed by atoms with van der Waals surface area (Å²) in [5, 5.41) is 9.29. The van der Waals surface area contributed by atoms with E-state index in [4.69, 9.17) is 9.47 Å². The summed E-state index contributed by atoms with van der Waals surface area (Å²) >= 11 is 3.02. The number of ether oxygens (including phenoxy) is 2. The highest BCUT2D eigenvalue weighted by Crippen LogP contribution is 2.20. The average molecular weight is 762 g/mol. The molecule has 1 aliphatic heterocycles. The first-order valence-corrected chi connectivity index (χ1v) is 19.9. The van der Waals surface area contributed by atoms with Crippen LogP contribution in [-0.4, -0.2) is 101 Å². The van der Waals surface area contributed by atoms with Crippen LogP contribution in [-0.2, 0) is 40.4 Å². The van der Waals surface area contributed by atoms with Crippen LogP contribution in [0.25, 0.3) is 0 Å². The molecule has 4 aromatic rings. The van der Waals surface area contributed by atoms with E-state index in [-0.39, 0.29) is 24.6 Å². The third-order valence-corrected chi connectivity index (χ3v) is 10.9. The van der Waals surface area contributed by atoms with E-state index in [1.807, 2.05) is 66.0 Å². The minimum absolute atomic E-state index is 0.138. The van der Waals surface area contributed by atoms with Crippen molar-refractivity contribution in [2.75, 3.05) is 46.4 Å². The molecule has 5 rings (SSSR count). The summed E-state index contributed by atoms with van der Waals surface area (Å²) in [6, 6.07) is 18.3. The van der Waals surface area contributed by atoms with Gasteiger partial charge in [0, 0.05) is 63.3 Å². The van der Waals surface area contributed by atoms with Gasteiger partial charge in [0.1, 0.15) is 12.6 Å². The molecule has 1 fully saturated rings. The van der Waals surface area contributed by atoms with Crippen molar-refractivity contribution in [3.63, 3.8) is 0 Å². The van der Waals surface area contributed by atoms with Gasteiger partial charge in [-0.05, 0) is 30.4 Å². The fourth-order valence-electron chi connectivity index (χ4n) is 5.95. The summed E-state index contributed by atoms with van der Waals surface area (Å²) in [7, 11) is 1.72. The van der Waals surface area contributed by atoms with E-state index in [1.165, 1.54) is 11.3 Å². The Hall–Kier alpha value is -4.37. The highest BCUT2D eigenvalue weighted by Gasteiger charge is 2.27. The van der Waals surface area contributed by atoms with Crippen molar-refractivity contribution in [1.82, 2.24) is 35.3 Å². The molecule has 2 unspecified atom stereocenters. The third kappa shape index (κ3) is 13.2. The standard InChI is InChI=1S/C39H51N7O5S2/c1-29(2)37-42-33(27-52-37)25-44(3)38(48)43-35(15-16-45-18-20-50-21-19-45)36(47)41-32(22-30-10-6-4-7-11-30)14-17-46(24-31-12-8-5-9-13-31)39(49)51-26-34-23-40-28-53-34/h4-13,23,27-29,32,35H,14-22,24-26H2,1-3H3,(H,41,47)(H,43,48). The number of morpholine rings is 1. The van der Waals surface area contributed by atoms with E-state index in [9.17, 15) is 14.4 Å². The molecular weight excluding hydrogens is 711 g/mol. The molecule has 4 amide bonds. The number of benzene rings is 2. The van der Waals surface area contributed by atoms with Crippen LogP contribution in [0.3, 0.4) is 0 Å². The predicted octanol–water partition coefficient (Wildman–Crippen LogP) is 5.91. The first kappa shape index (κ1) is 39.8. The molecule has 2 N–H and O–H groups in total. The van der Waals surface area contributed by atoms with E-state index in [1.54, 1.807) is 39.9 Å². The number of amides is 4. The van der Waals surface area contributed by atoms with Crippen molar-refractivity contribution < 1.29 is 23.9 Å². The SMILES string of the molecule is CC(C)c1nc(CN(C)C(=O)NC(CCN2CCOCC2)C(=O)NC(CCN(Cc2ccccc2)C(=O)OCc2cncs2)Cc2ccccc2)cs1. The Morgan fingerprint density at radius 2 is 1.66 bits per heavy atom. The number of aromatic nitrogens is 2. The maximum atomic E-state index is 14.2. The Labute approximate surface area is 320 Å². The smallest absolute Gasteiger partial charge is 0.410 e. The topological polar surface area (TPSA) is 129 Å². The van der Waals surface area contributed by atoms with Crippen molar-refractivity contribution in [3.8, 4) is 0 Å². The van der Waals surface area contributed by atoms with Crippen molar-refractivity contribution in [2.24, 2.45) is 0 Å². The maximum absolute atomic E-state index is 14.2. The number of rotatable bonds is 18. The van der Waals surface area contributed by atoms with Crippen molar-refractivity contribution in [2.45, 2.75) is 70.8 Å². The zero-order chi connectivity index (χ0) is 37.4. The van der Waals surface area contributed by atoms with Gasteiger partial charge in [-0.25, -0.2) is 14.6 Å². The lowest BCUT2D eigenvalue weighted by Crippen LogP contribution is -2.54. The molecular formula is C39H51N7O5S2. The molecule has 14 heteroatoms. The molecule has 2 aromatic heterocycles. The third-order valence-electron chi connectivity index (χ3n) is 8.98. The molecule has 0 saturated carbocycles. The van der Waals surface area contributed by atoms with Crippen molar-refractivity contribution >= 4 is 40.7 Å². The molecule has 0 bridgehead atoms. The second-order valence-electron chi connectivity index (χ2n) is 13.5. The summed E-state index contributed by atoms with van der Waals surface area (Å²) in [4.78, 5) is 56.3. The van der Waals surface area contributed by atoms with E-state index in [2.05, 4.69) is 39.3 Å². The normalized spacial score (nSPS) is 14.3. The van der Waals surface area contributed by atoms with Crippen LogP contribution >= 0.6 is 22.7 Å². The number of carbonyl (C=O) groups excluding carboxylic acids is 3. The maximum Gasteiger partial charge on any atom is 0.410 e. The number of nitrogens with zero attached hydrogens (tertiary/aromatic N) is 5. The molecule has 2 atom stereocenters. The van der Waals surface area contributed by atoms with Crippen LogP contribution in [0.5, 0.6) is 0 Å². The van der Waals surface area contributed by atoms with Gasteiger partial charge >= 0.3 is 12.1 Å². The van der Waals surface area contributed by atoms with Crippen LogP contribution < -0.4 is 10.6 Å². The Morgan fingerprint density at radius 1 is 0.943 bits per heavy atom. The molecule has 0 radical (unpaired) electrons. The van der Waals surface area contributed by atoms with Gasteiger partial charge in [-0.1, -0.05) is 74.5 Å². The fraction of sp³-hybridized carbons (Fsp3) is 0.462. The highest BCUT2D eigenvalue weighted by molar-refractivity contribution is 7.09. The van der Waals surface area contributed by atoms with Gasteiger partial charge in [-0.2, -0.15) is 0 Å². The summed E-state index contributed by atoms with van der Waals surface area (Å²) in [5.41, 5.74) is 4.55. The lowest BCUT2D eigenvalue weighted by molar-refractivity contribution is -0.124. The first-order chi connectivity index (χ1) is 25.7. The van der Waals surface area contributed by atoms with Gasteiger partial charge in [0.15, 0.2) is 0 Å². The van der Waals surface area contributed by atoms with Crippen LogP contribution in [0.1, 0.15) is 59.3 Å². The Bertz CT molecular complexity index is 1680. The Morgan fingerprint density at radius 3 is 2.32 bits per heavy atom. The van der Waals surface area contributed by atoms with E-state index in [0.717, 1.165) is 39.8 Å². The van der Waals surface area contributed by atoms with Gasteiger partial charge < -0.3 is 29.9 Å². The molecule has 284 valence electrons. The molecule has 0 aliphatic carbocycles. The number of thiazole rings is 2. The molecule has 53 heavy (non-hydrogen) atoms. The summed E-state index contributed by atoms with van der Waals surface area (Å²) < 4.78 is 11.2. The lowest BCUT2D eigenvalue weighted by Gasteiger charge is -2.30. The highest BCUT2D eigenvalue weighted by atomic mass is 32.1. The quantitative estimate of drug-likeness (QED) is 0.128. The van der Waals surface area contributed by atoms with Gasteiger partial charge in [0.05, 0.1) is 40.8 Å². The lowest BCUT2D eigenvalue weighted by atomic mass is 10.0. The minimum Gasteiger partial charge on any atom is -0.444 e. The average Bonchev–Trinajstić information content (AvgIpc) is 3.88. The summed E-state index contributed by atoms with van der Waals surface area (Å²) in [6.45, 7) is 8.83. The molecule has 12 nitrogen and oxygen atoms in total. The van der Waals surface area contributed by atoms with Crippen LogP contribution in [0.15, 0.2) is 77.8 Å². The summed E-state index contributed by atoms with van der Waals surface area (Å²) in [5.74, 6) is 0.0453. The number of urea groups is 1. The minimum atomic E-state index is -0.780. The van der Waals surface area contributed by atoms with Gasteiger partial charge in [0.2, 0.25) is 5.91 Å². The van der Waals surface area contributed by atoms with Crippen molar-refractivity contribution in [1.29, 1.82) is 0 Å². The number of carbonyl (C=O) groups is 3. The van der Waals surface area contributed by atoms with E-state index >= 15 is 0 Å². The fourth-order valence-corrected chi connectivity index (χ4v) is 7.29. The molecule has 3 heterocycles. The van der Waals surface area contributed by atoms with Crippen molar-refractivity contribution in [3.05, 3.63) is 104 Å². The number of hydrogen-bond acceptors (Lipinski definition) is 10. The molecule has 2 aromatic carbocycles.